The van der Waals surface area contributed by atoms with Crippen LogP contribution in [0.4, 0.5) is 0 Å². The van der Waals surface area contributed by atoms with Crippen molar-refractivity contribution < 1.29 is 22.4 Å². The van der Waals surface area contributed by atoms with E-state index in [4.69, 9.17) is 0 Å². The molecular formula is C12H8AuBr2-2. The maximum absolute atomic E-state index is 3.29. The van der Waals surface area contributed by atoms with E-state index in [9.17, 15) is 0 Å². The van der Waals surface area contributed by atoms with Gasteiger partial charge in [-0.25, -0.2) is 0 Å². The molecule has 1 radical (unpaired) electrons. The Morgan fingerprint density at radius 2 is 0.933 bits per heavy atom. The van der Waals surface area contributed by atoms with Crippen molar-refractivity contribution >= 4 is 31.9 Å². The van der Waals surface area contributed by atoms with Crippen molar-refractivity contribution in [2.45, 2.75) is 0 Å². The molecule has 0 N–H and O–H groups in total. The predicted octanol–water partition coefficient (Wildman–Crippen LogP) is 4.50. The Bertz CT molecular complexity index is 311. The second-order valence-corrected chi connectivity index (χ2v) is 4.27. The number of hydrogen-bond donors (Lipinski definition) is 0. The predicted molar refractivity (Wildman–Crippen MR) is 66.0 cm³/mol. The van der Waals surface area contributed by atoms with E-state index < -0.39 is 0 Å². The summed E-state index contributed by atoms with van der Waals surface area (Å²) in [5.74, 6) is 0. The van der Waals surface area contributed by atoms with E-state index in [2.05, 4.69) is 44.0 Å². The smallest absolute Gasteiger partial charge is 0 e. The summed E-state index contributed by atoms with van der Waals surface area (Å²) in [7, 11) is 0. The fourth-order valence-electron chi connectivity index (χ4n) is 0.733. The monoisotopic (exact) mass is 507 g/mol. The van der Waals surface area contributed by atoms with Crippen LogP contribution in [0.5, 0.6) is 0 Å². The molecule has 2 rings (SSSR count). The molecule has 0 fully saturated rings. The van der Waals surface area contributed by atoms with Crippen molar-refractivity contribution in [2.24, 2.45) is 0 Å². The fourth-order valence-corrected chi connectivity index (χ4v) is 1.26. The van der Waals surface area contributed by atoms with Crippen LogP contribution in [0, 0.1) is 12.1 Å². The number of halogens is 2. The zero-order valence-electron chi connectivity index (χ0n) is 7.68. The van der Waals surface area contributed by atoms with E-state index in [1.165, 1.54) is 0 Å². The molecule has 0 aliphatic carbocycles. The molecule has 0 bridgehead atoms. The van der Waals surface area contributed by atoms with Crippen LogP contribution in [0.2, 0.25) is 0 Å². The topological polar surface area (TPSA) is 0 Å². The van der Waals surface area contributed by atoms with Crippen molar-refractivity contribution in [3.8, 4) is 0 Å². The molecule has 3 heteroatoms. The minimum absolute atomic E-state index is 0. The first-order chi connectivity index (χ1) is 6.79. The molecular weight excluding hydrogens is 501 g/mol. The van der Waals surface area contributed by atoms with Crippen LogP contribution >= 0.6 is 31.9 Å². The molecule has 0 saturated carbocycles. The maximum atomic E-state index is 3.29. The van der Waals surface area contributed by atoms with Gasteiger partial charge in [-0.3, -0.25) is 0 Å². The quantitative estimate of drug-likeness (QED) is 0.363. The zero-order chi connectivity index (χ0) is 10.2. The fraction of sp³-hybridized carbons (Fsp3) is 0. The molecule has 0 heterocycles. The van der Waals surface area contributed by atoms with E-state index in [0.717, 1.165) is 8.95 Å². The second kappa shape index (κ2) is 9.37. The van der Waals surface area contributed by atoms with Crippen LogP contribution in [-0.2, 0) is 22.4 Å². The molecule has 0 atom stereocenters. The Labute approximate surface area is 123 Å². The Morgan fingerprint density at radius 1 is 0.667 bits per heavy atom. The molecule has 0 amide bonds. The van der Waals surface area contributed by atoms with Crippen molar-refractivity contribution in [3.63, 3.8) is 0 Å². The Morgan fingerprint density at radius 3 is 1.07 bits per heavy atom. The average Bonchev–Trinajstić information content (AvgIpc) is 2.21. The summed E-state index contributed by atoms with van der Waals surface area (Å²) in [5, 5.41) is 0. The molecule has 0 saturated heterocycles. The standard InChI is InChI=1S/2C6H4Br.Au/c2*7-6-4-2-1-3-5-6;/h2*2-5H;/q2*-1;. The maximum Gasteiger partial charge on any atom is 0 e. The summed E-state index contributed by atoms with van der Waals surface area (Å²) in [6, 6.07) is 21.0. The third kappa shape index (κ3) is 8.00. The number of rotatable bonds is 0. The van der Waals surface area contributed by atoms with Gasteiger partial charge in [0, 0.05) is 22.4 Å². The second-order valence-electron chi connectivity index (χ2n) is 2.44. The summed E-state index contributed by atoms with van der Waals surface area (Å²) in [6.07, 6.45) is 0. The largest absolute Gasteiger partial charge is 0.184 e. The van der Waals surface area contributed by atoms with Gasteiger partial charge in [-0.05, 0) is 0 Å². The van der Waals surface area contributed by atoms with Gasteiger partial charge >= 0.3 is 0 Å². The summed E-state index contributed by atoms with van der Waals surface area (Å²) >= 11 is 6.58. The van der Waals surface area contributed by atoms with Crippen LogP contribution in [0.15, 0.2) is 57.5 Å². The first-order valence-electron chi connectivity index (χ1n) is 4.02. The molecule has 0 spiro atoms. The van der Waals surface area contributed by atoms with Gasteiger partial charge in [0.05, 0.1) is 0 Å². The minimum Gasteiger partial charge on any atom is -0.184 e. The van der Waals surface area contributed by atoms with Gasteiger partial charge in [0.1, 0.15) is 0 Å². The van der Waals surface area contributed by atoms with E-state index in [-0.39, 0.29) is 22.4 Å². The van der Waals surface area contributed by atoms with Crippen LogP contribution < -0.4 is 0 Å². The average molecular weight is 509 g/mol. The van der Waals surface area contributed by atoms with Crippen molar-refractivity contribution in [1.29, 1.82) is 0 Å². The molecule has 0 aliphatic heterocycles. The minimum atomic E-state index is 0. The van der Waals surface area contributed by atoms with Crippen LogP contribution in [0.1, 0.15) is 0 Å². The third-order valence-corrected chi connectivity index (χ3v) is 2.41. The van der Waals surface area contributed by atoms with Crippen LogP contribution in [-0.4, -0.2) is 0 Å². The Hall–Kier alpha value is 0.140. The van der Waals surface area contributed by atoms with Crippen LogP contribution in [0.25, 0.3) is 0 Å². The van der Waals surface area contributed by atoms with Gasteiger partial charge in [-0.2, -0.15) is 60.7 Å². The van der Waals surface area contributed by atoms with Gasteiger partial charge in [-0.1, -0.05) is 40.8 Å². The van der Waals surface area contributed by atoms with E-state index >= 15 is 0 Å². The summed E-state index contributed by atoms with van der Waals surface area (Å²) in [4.78, 5) is 0. The molecule has 2 aromatic rings. The molecule has 2 aromatic carbocycles. The normalized spacial score (nSPS) is 8.13. The van der Waals surface area contributed by atoms with Crippen molar-refractivity contribution in [3.05, 3.63) is 69.6 Å². The summed E-state index contributed by atoms with van der Waals surface area (Å²) < 4.78 is 2.21. The summed E-state index contributed by atoms with van der Waals surface area (Å²) in [6.45, 7) is 0. The SMILES string of the molecule is Brc1cc[c-]cc1.Brc1cc[c-]cc1.[Au]. The van der Waals surface area contributed by atoms with E-state index in [1.807, 2.05) is 48.5 Å². The van der Waals surface area contributed by atoms with E-state index in [1.54, 1.807) is 0 Å². The molecule has 0 nitrogen and oxygen atoms in total. The van der Waals surface area contributed by atoms with Gasteiger partial charge in [0.2, 0.25) is 0 Å². The first kappa shape index (κ1) is 15.1. The van der Waals surface area contributed by atoms with E-state index in [0.29, 0.717) is 0 Å². The van der Waals surface area contributed by atoms with Crippen LogP contribution in [0.3, 0.4) is 0 Å². The number of benzene rings is 2. The van der Waals surface area contributed by atoms with Gasteiger partial charge in [-0.15, -0.1) is 0 Å². The van der Waals surface area contributed by atoms with Gasteiger partial charge < -0.3 is 0 Å². The Kier molecular flexibility index (Phi) is 9.46. The first-order valence-corrected chi connectivity index (χ1v) is 5.61. The zero-order valence-corrected chi connectivity index (χ0v) is 13.0. The third-order valence-electron chi connectivity index (χ3n) is 1.36. The number of hydrogen-bond acceptors (Lipinski definition) is 0. The Balaban J connectivity index is 0.000000245. The van der Waals surface area contributed by atoms with Gasteiger partial charge in [0.15, 0.2) is 0 Å². The van der Waals surface area contributed by atoms with Crippen molar-refractivity contribution in [2.75, 3.05) is 0 Å². The molecule has 15 heavy (non-hydrogen) atoms. The molecule has 0 aromatic heterocycles. The molecule has 0 unspecified atom stereocenters. The summed E-state index contributed by atoms with van der Waals surface area (Å²) in [5.41, 5.74) is 0. The molecule has 0 aliphatic rings. The molecule has 83 valence electrons. The van der Waals surface area contributed by atoms with Gasteiger partial charge in [0.25, 0.3) is 0 Å². The van der Waals surface area contributed by atoms with Crippen molar-refractivity contribution in [1.82, 2.24) is 0 Å².